The van der Waals surface area contributed by atoms with Crippen LogP contribution in [-0.2, 0) is 16.1 Å². The SMILES string of the molecule is N#Cc1ccc(CNC(=O)C2CCCN(C(=O)C3(O)CCCCC3)C2)c(OC(F)(F)F)c1. The third-order valence-electron chi connectivity index (χ3n) is 6.03. The molecule has 0 spiro atoms. The Labute approximate surface area is 184 Å². The first-order chi connectivity index (χ1) is 15.1. The van der Waals surface area contributed by atoms with Gasteiger partial charge in [-0.2, -0.15) is 5.26 Å². The number of ether oxygens (including phenoxy) is 1. The molecule has 1 aliphatic heterocycles. The number of carbonyl (C=O) groups excluding carboxylic acids is 2. The summed E-state index contributed by atoms with van der Waals surface area (Å²) in [7, 11) is 0. The van der Waals surface area contributed by atoms with E-state index < -0.39 is 23.6 Å². The highest BCUT2D eigenvalue weighted by molar-refractivity contribution is 5.86. The Hall–Kier alpha value is -2.80. The number of nitrogens with one attached hydrogen (secondary N) is 1. The van der Waals surface area contributed by atoms with Crippen LogP contribution in [0.4, 0.5) is 13.2 Å². The zero-order chi connectivity index (χ0) is 23.4. The molecule has 1 atom stereocenters. The maximum atomic E-state index is 12.9. The lowest BCUT2D eigenvalue weighted by Crippen LogP contribution is -2.54. The number of nitriles is 1. The first-order valence-corrected chi connectivity index (χ1v) is 10.7. The second kappa shape index (κ2) is 9.77. The van der Waals surface area contributed by atoms with E-state index in [0.717, 1.165) is 25.3 Å². The van der Waals surface area contributed by atoms with Gasteiger partial charge in [0.2, 0.25) is 5.91 Å². The zero-order valence-electron chi connectivity index (χ0n) is 17.6. The molecule has 1 unspecified atom stereocenters. The van der Waals surface area contributed by atoms with Gasteiger partial charge >= 0.3 is 6.36 Å². The molecular formula is C22H26F3N3O4. The predicted molar refractivity (Wildman–Crippen MR) is 107 cm³/mol. The molecule has 1 heterocycles. The maximum absolute atomic E-state index is 12.9. The molecule has 1 aromatic rings. The Balaban J connectivity index is 1.62. The van der Waals surface area contributed by atoms with Crippen LogP contribution < -0.4 is 10.1 Å². The van der Waals surface area contributed by atoms with Crippen molar-refractivity contribution in [2.45, 2.75) is 63.5 Å². The fourth-order valence-electron chi connectivity index (χ4n) is 4.34. The molecule has 2 aliphatic rings. The third-order valence-corrected chi connectivity index (χ3v) is 6.03. The zero-order valence-corrected chi connectivity index (χ0v) is 17.6. The molecule has 1 saturated carbocycles. The Morgan fingerprint density at radius 3 is 2.62 bits per heavy atom. The molecule has 1 aromatic carbocycles. The Bertz CT molecular complexity index is 891. The average molecular weight is 453 g/mol. The van der Waals surface area contributed by atoms with Gasteiger partial charge in [-0.05, 0) is 37.8 Å². The van der Waals surface area contributed by atoms with Gasteiger partial charge < -0.3 is 20.1 Å². The van der Waals surface area contributed by atoms with Gasteiger partial charge in [-0.1, -0.05) is 25.3 Å². The van der Waals surface area contributed by atoms with Crippen molar-refractivity contribution < 1.29 is 32.6 Å². The van der Waals surface area contributed by atoms with Gasteiger partial charge in [0.25, 0.3) is 5.91 Å². The number of rotatable bonds is 5. The van der Waals surface area contributed by atoms with E-state index in [-0.39, 0.29) is 36.0 Å². The van der Waals surface area contributed by atoms with E-state index in [1.54, 1.807) is 6.07 Å². The average Bonchev–Trinajstić information content (AvgIpc) is 2.77. The van der Waals surface area contributed by atoms with Gasteiger partial charge in [0.15, 0.2) is 0 Å². The number of hydrogen-bond acceptors (Lipinski definition) is 5. The number of carbonyl (C=O) groups is 2. The third kappa shape index (κ3) is 5.91. The van der Waals surface area contributed by atoms with Crippen LogP contribution in [0.15, 0.2) is 18.2 Å². The maximum Gasteiger partial charge on any atom is 0.573 e. The predicted octanol–water partition coefficient (Wildman–Crippen LogP) is 3.01. The molecule has 0 bridgehead atoms. The summed E-state index contributed by atoms with van der Waals surface area (Å²) in [6.07, 6.45) is -0.418. The second-order valence-electron chi connectivity index (χ2n) is 8.38. The molecule has 3 rings (SSSR count). The Kier molecular flexibility index (Phi) is 7.29. The van der Waals surface area contributed by atoms with Crippen LogP contribution in [0.25, 0.3) is 0 Å². The molecule has 2 N–H and O–H groups in total. The largest absolute Gasteiger partial charge is 0.573 e. The summed E-state index contributed by atoms with van der Waals surface area (Å²) in [6.45, 7) is 0.403. The standard InChI is InChI=1S/C22H26F3N3O4/c23-22(24,25)32-18-11-15(12-26)6-7-16(18)13-27-19(29)17-5-4-10-28(14-17)20(30)21(31)8-2-1-3-9-21/h6-7,11,17,31H,1-5,8-10,13-14H2,(H,27,29). The van der Waals surface area contributed by atoms with Crippen molar-refractivity contribution in [2.24, 2.45) is 5.92 Å². The molecule has 2 fully saturated rings. The lowest BCUT2D eigenvalue weighted by Gasteiger charge is -2.39. The van der Waals surface area contributed by atoms with E-state index in [4.69, 9.17) is 5.26 Å². The van der Waals surface area contributed by atoms with E-state index in [0.29, 0.717) is 32.2 Å². The highest BCUT2D eigenvalue weighted by Gasteiger charge is 2.42. The van der Waals surface area contributed by atoms with Crippen LogP contribution in [-0.4, -0.2) is 46.9 Å². The number of halogens is 3. The van der Waals surface area contributed by atoms with Crippen LogP contribution in [0.2, 0.25) is 0 Å². The number of amides is 2. The van der Waals surface area contributed by atoms with Crippen molar-refractivity contribution in [1.82, 2.24) is 10.2 Å². The molecule has 2 amide bonds. The first-order valence-electron chi connectivity index (χ1n) is 10.7. The second-order valence-corrected chi connectivity index (χ2v) is 8.38. The highest BCUT2D eigenvalue weighted by atomic mass is 19.4. The number of hydrogen-bond donors (Lipinski definition) is 2. The van der Waals surface area contributed by atoms with E-state index in [2.05, 4.69) is 10.1 Å². The quantitative estimate of drug-likeness (QED) is 0.714. The summed E-state index contributed by atoms with van der Waals surface area (Å²) in [5.74, 6) is -1.80. The molecule has 0 aromatic heterocycles. The summed E-state index contributed by atoms with van der Waals surface area (Å²) >= 11 is 0. The summed E-state index contributed by atoms with van der Waals surface area (Å²) < 4.78 is 42.1. The van der Waals surface area contributed by atoms with Gasteiger partial charge in [-0.3, -0.25) is 9.59 Å². The Morgan fingerprint density at radius 1 is 1.25 bits per heavy atom. The molecule has 1 saturated heterocycles. The van der Waals surface area contributed by atoms with E-state index in [9.17, 15) is 27.9 Å². The summed E-state index contributed by atoms with van der Waals surface area (Å²) in [5.41, 5.74) is -1.29. The van der Waals surface area contributed by atoms with Gasteiger partial charge in [0, 0.05) is 25.2 Å². The van der Waals surface area contributed by atoms with Crippen molar-refractivity contribution >= 4 is 11.8 Å². The number of nitrogens with zero attached hydrogens (tertiary/aromatic N) is 2. The van der Waals surface area contributed by atoms with Gasteiger partial charge in [-0.15, -0.1) is 13.2 Å². The lowest BCUT2D eigenvalue weighted by atomic mass is 9.83. The lowest BCUT2D eigenvalue weighted by molar-refractivity contribution is -0.274. The van der Waals surface area contributed by atoms with Crippen LogP contribution >= 0.6 is 0 Å². The number of piperidine rings is 1. The molecule has 0 radical (unpaired) electrons. The topological polar surface area (TPSA) is 103 Å². The fraction of sp³-hybridized carbons (Fsp3) is 0.591. The summed E-state index contributed by atoms with van der Waals surface area (Å²) in [5, 5.41) is 22.2. The van der Waals surface area contributed by atoms with E-state index in [1.165, 1.54) is 17.0 Å². The molecule has 174 valence electrons. The van der Waals surface area contributed by atoms with Crippen molar-refractivity contribution in [3.8, 4) is 11.8 Å². The van der Waals surface area contributed by atoms with Gasteiger partial charge in [0.05, 0.1) is 17.6 Å². The monoisotopic (exact) mass is 453 g/mol. The molecule has 1 aliphatic carbocycles. The van der Waals surface area contributed by atoms with Crippen LogP contribution in [0.1, 0.15) is 56.1 Å². The number of benzene rings is 1. The fourth-order valence-corrected chi connectivity index (χ4v) is 4.34. The van der Waals surface area contributed by atoms with Crippen molar-refractivity contribution in [2.75, 3.05) is 13.1 Å². The van der Waals surface area contributed by atoms with Crippen LogP contribution in [0.5, 0.6) is 5.75 Å². The van der Waals surface area contributed by atoms with Crippen molar-refractivity contribution in [3.63, 3.8) is 0 Å². The smallest absolute Gasteiger partial charge is 0.405 e. The minimum atomic E-state index is -4.93. The van der Waals surface area contributed by atoms with Gasteiger partial charge in [0.1, 0.15) is 11.4 Å². The van der Waals surface area contributed by atoms with Crippen molar-refractivity contribution in [3.05, 3.63) is 29.3 Å². The Morgan fingerprint density at radius 2 is 1.97 bits per heavy atom. The molecule has 10 heteroatoms. The van der Waals surface area contributed by atoms with Crippen LogP contribution in [0.3, 0.4) is 0 Å². The number of alkyl halides is 3. The summed E-state index contributed by atoms with van der Waals surface area (Å²) in [4.78, 5) is 27.1. The molecular weight excluding hydrogens is 427 g/mol. The van der Waals surface area contributed by atoms with Gasteiger partial charge in [-0.25, -0.2) is 0 Å². The minimum Gasteiger partial charge on any atom is -0.405 e. The normalized spacial score (nSPS) is 20.8. The summed E-state index contributed by atoms with van der Waals surface area (Å²) in [6, 6.07) is 5.37. The molecule has 7 nitrogen and oxygen atoms in total. The van der Waals surface area contributed by atoms with E-state index in [1.807, 2.05) is 0 Å². The molecule has 32 heavy (non-hydrogen) atoms. The number of likely N-dealkylation sites (tertiary alicyclic amines) is 1. The first kappa shape index (κ1) is 23.9. The van der Waals surface area contributed by atoms with Crippen LogP contribution in [0, 0.1) is 17.2 Å². The minimum absolute atomic E-state index is 0.00130. The highest BCUT2D eigenvalue weighted by Crippen LogP contribution is 2.32. The van der Waals surface area contributed by atoms with Crippen molar-refractivity contribution in [1.29, 1.82) is 5.26 Å². The van der Waals surface area contributed by atoms with E-state index >= 15 is 0 Å². The number of aliphatic hydroxyl groups is 1.